The Morgan fingerprint density at radius 2 is 2.16 bits per heavy atom. The van der Waals surface area contributed by atoms with E-state index in [0.717, 1.165) is 11.3 Å². The Bertz CT molecular complexity index is 1040. The van der Waals surface area contributed by atoms with Crippen molar-refractivity contribution >= 4 is 33.4 Å². The van der Waals surface area contributed by atoms with Gasteiger partial charge in [0.2, 0.25) is 0 Å². The summed E-state index contributed by atoms with van der Waals surface area (Å²) in [7, 11) is 0. The molecule has 0 spiro atoms. The smallest absolute Gasteiger partial charge is 0.305 e. The molecule has 1 amide bonds. The summed E-state index contributed by atoms with van der Waals surface area (Å²) in [6.45, 7) is 1.59. The highest BCUT2D eigenvalue weighted by Gasteiger charge is 2.21. The third-order valence-corrected chi connectivity index (χ3v) is 4.94. The first-order valence-corrected chi connectivity index (χ1v) is 8.17. The van der Waals surface area contributed by atoms with Gasteiger partial charge in [0.15, 0.2) is 0 Å². The van der Waals surface area contributed by atoms with Crippen molar-refractivity contribution in [3.05, 3.63) is 45.3 Å². The maximum atomic E-state index is 13.0. The molecule has 3 N–H and O–H groups in total. The van der Waals surface area contributed by atoms with Gasteiger partial charge in [-0.2, -0.15) is 0 Å². The Labute approximate surface area is 145 Å². The molecule has 3 heterocycles. The second-order valence-electron chi connectivity index (χ2n) is 5.38. The van der Waals surface area contributed by atoms with Gasteiger partial charge in [-0.3, -0.25) is 23.9 Å². The molecule has 3 aromatic heterocycles. The number of nitrogens with zero attached hydrogens (tertiary/aromatic N) is 3. The molecule has 128 valence electrons. The summed E-state index contributed by atoms with van der Waals surface area (Å²) in [4.78, 5) is 44.6. The molecule has 8 nitrogen and oxygen atoms in total. The van der Waals surface area contributed by atoms with Crippen LogP contribution in [-0.4, -0.2) is 31.5 Å². The lowest BCUT2D eigenvalue weighted by Gasteiger charge is -2.11. The van der Waals surface area contributed by atoms with E-state index in [1.165, 1.54) is 4.57 Å². The van der Waals surface area contributed by atoms with Crippen molar-refractivity contribution < 1.29 is 14.7 Å². The quantitative estimate of drug-likeness (QED) is 0.709. The molecule has 3 aromatic rings. The van der Waals surface area contributed by atoms with Crippen LogP contribution < -0.4 is 11.3 Å². The lowest BCUT2D eigenvalue weighted by atomic mass is 10.2. The average Bonchev–Trinajstić information content (AvgIpc) is 2.91. The van der Waals surface area contributed by atoms with Gasteiger partial charge >= 0.3 is 5.97 Å². The Balaban J connectivity index is 2.33. The minimum atomic E-state index is -1.02. The number of carbonyl (C=O) groups is 2. The van der Waals surface area contributed by atoms with E-state index in [4.69, 9.17) is 10.8 Å². The first-order chi connectivity index (χ1) is 11.9. The van der Waals surface area contributed by atoms with Crippen LogP contribution in [0.1, 0.15) is 21.7 Å². The summed E-state index contributed by atoms with van der Waals surface area (Å²) in [5.41, 5.74) is 6.01. The fraction of sp³-hybridized carbons (Fsp3) is 0.188. The number of nitrogens with two attached hydrogens (primary N) is 1. The Kier molecular flexibility index (Phi) is 4.32. The van der Waals surface area contributed by atoms with Gasteiger partial charge in [-0.15, -0.1) is 11.3 Å². The van der Waals surface area contributed by atoms with Crippen LogP contribution >= 0.6 is 11.3 Å². The minimum Gasteiger partial charge on any atom is -0.481 e. The van der Waals surface area contributed by atoms with Gasteiger partial charge in [0, 0.05) is 24.5 Å². The third kappa shape index (κ3) is 3.01. The van der Waals surface area contributed by atoms with Crippen LogP contribution in [-0.2, 0) is 11.3 Å². The zero-order valence-corrected chi connectivity index (χ0v) is 14.0. The second-order valence-corrected chi connectivity index (χ2v) is 6.38. The maximum Gasteiger partial charge on any atom is 0.305 e. The molecular weight excluding hydrogens is 344 g/mol. The molecular formula is C16H14N4O4S. The van der Waals surface area contributed by atoms with E-state index in [1.54, 1.807) is 31.5 Å². The maximum absolute atomic E-state index is 13.0. The zero-order valence-electron chi connectivity index (χ0n) is 13.2. The number of fused-ring (bicyclic) bond motifs is 1. The number of rotatable bonds is 5. The normalized spacial score (nSPS) is 10.9. The molecule has 0 unspecified atom stereocenters. The molecule has 0 aliphatic heterocycles. The molecule has 9 heteroatoms. The number of hydrogen-bond acceptors (Lipinski definition) is 6. The number of pyridine rings is 1. The molecule has 25 heavy (non-hydrogen) atoms. The predicted octanol–water partition coefficient (Wildman–Crippen LogP) is 1.40. The van der Waals surface area contributed by atoms with Crippen molar-refractivity contribution in [1.29, 1.82) is 0 Å². The molecule has 0 aliphatic carbocycles. The standard InChI is InChI=1S/C16H14N4O4S/c1-8-11-15(25-12(8)13(17)23)19-14(9-3-2-5-18-7-9)20(16(11)24)6-4-10(21)22/h2-3,5,7H,4,6H2,1H3,(H2,17,23)(H,21,22). The summed E-state index contributed by atoms with van der Waals surface area (Å²) >= 11 is 1.05. The molecule has 0 saturated carbocycles. The molecule has 0 fully saturated rings. The number of aliphatic carboxylic acids is 1. The Hall–Kier alpha value is -3.07. The molecule has 3 rings (SSSR count). The third-order valence-electron chi connectivity index (χ3n) is 3.74. The molecule has 0 radical (unpaired) electrons. The van der Waals surface area contributed by atoms with Gasteiger partial charge in [-0.05, 0) is 24.6 Å². The van der Waals surface area contributed by atoms with Gasteiger partial charge in [-0.25, -0.2) is 4.98 Å². The van der Waals surface area contributed by atoms with Crippen molar-refractivity contribution in [1.82, 2.24) is 14.5 Å². The first-order valence-electron chi connectivity index (χ1n) is 7.36. The highest BCUT2D eigenvalue weighted by Crippen LogP contribution is 2.29. The monoisotopic (exact) mass is 358 g/mol. The lowest BCUT2D eigenvalue weighted by molar-refractivity contribution is -0.137. The van der Waals surface area contributed by atoms with Crippen molar-refractivity contribution in [2.45, 2.75) is 19.9 Å². The lowest BCUT2D eigenvalue weighted by Crippen LogP contribution is -2.24. The van der Waals surface area contributed by atoms with Crippen LogP contribution in [0.25, 0.3) is 21.6 Å². The van der Waals surface area contributed by atoms with Crippen molar-refractivity contribution in [3.8, 4) is 11.4 Å². The van der Waals surface area contributed by atoms with Crippen LogP contribution in [0.3, 0.4) is 0 Å². The Morgan fingerprint density at radius 1 is 1.40 bits per heavy atom. The summed E-state index contributed by atoms with van der Waals surface area (Å²) in [5, 5.41) is 9.25. The van der Waals surface area contributed by atoms with E-state index in [2.05, 4.69) is 9.97 Å². The number of aromatic nitrogens is 3. The van der Waals surface area contributed by atoms with E-state index < -0.39 is 17.4 Å². The first kappa shape index (κ1) is 16.8. The summed E-state index contributed by atoms with van der Waals surface area (Å²) in [6, 6.07) is 3.43. The van der Waals surface area contributed by atoms with Crippen molar-refractivity contribution in [3.63, 3.8) is 0 Å². The van der Waals surface area contributed by atoms with Gasteiger partial charge in [0.05, 0.1) is 16.7 Å². The van der Waals surface area contributed by atoms with Gasteiger partial charge in [-0.1, -0.05) is 0 Å². The molecule has 0 aliphatic rings. The highest BCUT2D eigenvalue weighted by molar-refractivity contribution is 7.20. The molecule has 0 atom stereocenters. The van der Waals surface area contributed by atoms with Crippen LogP contribution in [0.2, 0.25) is 0 Å². The van der Waals surface area contributed by atoms with Crippen LogP contribution in [0.5, 0.6) is 0 Å². The number of carboxylic acid groups (broad SMARTS) is 1. The molecule has 0 aromatic carbocycles. The number of aryl methyl sites for hydroxylation is 1. The van der Waals surface area contributed by atoms with E-state index in [1.807, 2.05) is 0 Å². The Morgan fingerprint density at radius 3 is 2.76 bits per heavy atom. The SMILES string of the molecule is Cc1c(C(N)=O)sc2nc(-c3cccnc3)n(CCC(=O)O)c(=O)c12. The van der Waals surface area contributed by atoms with E-state index >= 15 is 0 Å². The molecule has 0 saturated heterocycles. The minimum absolute atomic E-state index is 0.0392. The second kappa shape index (κ2) is 6.44. The fourth-order valence-electron chi connectivity index (χ4n) is 2.58. The fourth-order valence-corrected chi connectivity index (χ4v) is 3.61. The van der Waals surface area contributed by atoms with Gasteiger partial charge in [0.25, 0.3) is 11.5 Å². The van der Waals surface area contributed by atoms with Crippen LogP contribution in [0.4, 0.5) is 0 Å². The zero-order chi connectivity index (χ0) is 18.1. The van der Waals surface area contributed by atoms with Crippen LogP contribution in [0, 0.1) is 6.92 Å². The summed E-state index contributed by atoms with van der Waals surface area (Å²) in [6.07, 6.45) is 2.90. The van der Waals surface area contributed by atoms with E-state index in [0.29, 0.717) is 21.8 Å². The van der Waals surface area contributed by atoms with E-state index in [-0.39, 0.29) is 23.2 Å². The van der Waals surface area contributed by atoms with Crippen molar-refractivity contribution in [2.24, 2.45) is 5.73 Å². The number of thiophene rings is 1. The largest absolute Gasteiger partial charge is 0.481 e. The number of carbonyl (C=O) groups excluding carboxylic acids is 1. The number of hydrogen-bond donors (Lipinski definition) is 2. The van der Waals surface area contributed by atoms with Gasteiger partial charge in [0.1, 0.15) is 10.7 Å². The number of amides is 1. The number of carboxylic acids is 1. The average molecular weight is 358 g/mol. The van der Waals surface area contributed by atoms with Gasteiger partial charge < -0.3 is 10.8 Å². The van der Waals surface area contributed by atoms with Crippen LogP contribution in [0.15, 0.2) is 29.3 Å². The summed E-state index contributed by atoms with van der Waals surface area (Å²) in [5.74, 6) is -1.34. The summed E-state index contributed by atoms with van der Waals surface area (Å²) < 4.78 is 1.30. The van der Waals surface area contributed by atoms with E-state index in [9.17, 15) is 14.4 Å². The molecule has 0 bridgehead atoms. The predicted molar refractivity (Wildman–Crippen MR) is 92.6 cm³/mol. The topological polar surface area (TPSA) is 128 Å². The number of primary amides is 1. The van der Waals surface area contributed by atoms with Crippen molar-refractivity contribution in [2.75, 3.05) is 0 Å². The highest BCUT2D eigenvalue weighted by atomic mass is 32.1.